The summed E-state index contributed by atoms with van der Waals surface area (Å²) < 4.78 is 8.23. The highest BCUT2D eigenvalue weighted by atomic mass is 35.5. The van der Waals surface area contributed by atoms with Gasteiger partial charge in [-0.3, -0.25) is 4.99 Å². The Morgan fingerprint density at radius 3 is 2.92 bits per heavy atom. The molecule has 0 N–H and O–H groups in total. The van der Waals surface area contributed by atoms with Gasteiger partial charge >= 0.3 is 0 Å². The van der Waals surface area contributed by atoms with Gasteiger partial charge in [0.25, 0.3) is 0 Å². The summed E-state index contributed by atoms with van der Waals surface area (Å²) in [6.07, 6.45) is 2.04. The zero-order chi connectivity index (χ0) is 17.0. The SMILES string of the molecule is Cc1ccc2oc(C3=NCc4ccc(Cl)cc4-n4cccc43)cc2c1. The molecule has 2 aromatic heterocycles. The van der Waals surface area contributed by atoms with Gasteiger partial charge < -0.3 is 8.98 Å². The van der Waals surface area contributed by atoms with Gasteiger partial charge in [-0.1, -0.05) is 29.3 Å². The number of rotatable bonds is 1. The molecule has 0 unspecified atom stereocenters. The first-order valence-corrected chi connectivity index (χ1v) is 8.58. The monoisotopic (exact) mass is 346 g/mol. The molecule has 2 aromatic carbocycles. The van der Waals surface area contributed by atoms with Crippen LogP contribution in [0.25, 0.3) is 16.7 Å². The Kier molecular flexibility index (Phi) is 3.12. The Hall–Kier alpha value is -2.78. The highest BCUT2D eigenvalue weighted by molar-refractivity contribution is 6.30. The summed E-state index contributed by atoms with van der Waals surface area (Å²) in [5, 5.41) is 1.82. The molecule has 0 bridgehead atoms. The topological polar surface area (TPSA) is 30.4 Å². The van der Waals surface area contributed by atoms with Crippen molar-refractivity contribution in [3.8, 4) is 5.69 Å². The number of halogens is 1. The van der Waals surface area contributed by atoms with Crippen LogP contribution >= 0.6 is 11.6 Å². The molecule has 1 aliphatic heterocycles. The number of benzene rings is 2. The predicted molar refractivity (Wildman–Crippen MR) is 101 cm³/mol. The minimum absolute atomic E-state index is 0.597. The van der Waals surface area contributed by atoms with Crippen LogP contribution < -0.4 is 0 Å². The highest BCUT2D eigenvalue weighted by Crippen LogP contribution is 2.29. The predicted octanol–water partition coefficient (Wildman–Crippen LogP) is 5.54. The number of hydrogen-bond donors (Lipinski definition) is 0. The number of fused-ring (bicyclic) bond motifs is 4. The van der Waals surface area contributed by atoms with E-state index >= 15 is 0 Å². The van der Waals surface area contributed by atoms with E-state index in [0.29, 0.717) is 6.54 Å². The summed E-state index contributed by atoms with van der Waals surface area (Å²) in [6, 6.07) is 18.3. The van der Waals surface area contributed by atoms with Gasteiger partial charge in [-0.25, -0.2) is 0 Å². The maximum Gasteiger partial charge on any atom is 0.155 e. The second kappa shape index (κ2) is 5.36. The maximum atomic E-state index is 6.22. The van der Waals surface area contributed by atoms with Crippen molar-refractivity contribution in [1.82, 2.24) is 4.57 Å². The quantitative estimate of drug-likeness (QED) is 0.445. The first kappa shape index (κ1) is 14.6. The largest absolute Gasteiger partial charge is 0.454 e. The van der Waals surface area contributed by atoms with E-state index in [2.05, 4.69) is 35.8 Å². The number of aromatic nitrogens is 1. The average molecular weight is 347 g/mol. The molecule has 0 fully saturated rings. The lowest BCUT2D eigenvalue weighted by Crippen LogP contribution is -2.07. The fourth-order valence-electron chi connectivity index (χ4n) is 3.41. The summed E-state index contributed by atoms with van der Waals surface area (Å²) >= 11 is 6.22. The van der Waals surface area contributed by atoms with Gasteiger partial charge in [0.2, 0.25) is 0 Å². The summed E-state index contributed by atoms with van der Waals surface area (Å²) in [6.45, 7) is 2.68. The smallest absolute Gasteiger partial charge is 0.155 e. The van der Waals surface area contributed by atoms with Crippen molar-refractivity contribution < 1.29 is 4.42 Å². The second-order valence-corrected chi connectivity index (χ2v) is 6.79. The molecule has 5 rings (SSSR count). The van der Waals surface area contributed by atoms with Gasteiger partial charge in [-0.15, -0.1) is 0 Å². The van der Waals surface area contributed by atoms with Crippen molar-refractivity contribution in [2.24, 2.45) is 4.99 Å². The van der Waals surface area contributed by atoms with Crippen LogP contribution in [-0.2, 0) is 6.54 Å². The normalized spacial score (nSPS) is 13.3. The van der Waals surface area contributed by atoms with Crippen LogP contribution in [0.5, 0.6) is 0 Å². The molecular formula is C21H15ClN2O. The van der Waals surface area contributed by atoms with Crippen molar-refractivity contribution in [2.45, 2.75) is 13.5 Å². The minimum Gasteiger partial charge on any atom is -0.454 e. The van der Waals surface area contributed by atoms with Crippen molar-refractivity contribution in [1.29, 1.82) is 0 Å². The van der Waals surface area contributed by atoms with Crippen molar-refractivity contribution in [3.63, 3.8) is 0 Å². The van der Waals surface area contributed by atoms with Crippen LogP contribution in [0.15, 0.2) is 70.2 Å². The molecule has 0 radical (unpaired) electrons. The lowest BCUT2D eigenvalue weighted by atomic mass is 10.1. The fourth-order valence-corrected chi connectivity index (χ4v) is 3.57. The second-order valence-electron chi connectivity index (χ2n) is 6.35. The zero-order valence-corrected chi connectivity index (χ0v) is 14.4. The lowest BCUT2D eigenvalue weighted by Gasteiger charge is -2.10. The third kappa shape index (κ3) is 2.31. The maximum absolute atomic E-state index is 6.22. The third-order valence-corrected chi connectivity index (χ3v) is 4.85. The molecule has 3 nitrogen and oxygen atoms in total. The molecule has 4 heteroatoms. The van der Waals surface area contributed by atoms with E-state index in [-0.39, 0.29) is 0 Å². The molecule has 0 aliphatic carbocycles. The number of aliphatic imine (C=N–C) groups is 1. The standard InChI is InChI=1S/C21H15ClN2O/c1-13-4-7-19-15(9-13)10-20(25-19)21-17-3-2-8-24(17)18-11-16(22)6-5-14(18)12-23-21/h2-11H,12H2,1H3. The Morgan fingerprint density at radius 2 is 2.00 bits per heavy atom. The van der Waals surface area contributed by atoms with Gasteiger partial charge in [0.15, 0.2) is 5.76 Å². The molecule has 0 saturated heterocycles. The van der Waals surface area contributed by atoms with Crippen LogP contribution in [0.2, 0.25) is 5.02 Å². The van der Waals surface area contributed by atoms with Crippen molar-refractivity contribution in [3.05, 3.63) is 88.4 Å². The number of aryl methyl sites for hydroxylation is 1. The molecule has 0 atom stereocenters. The summed E-state index contributed by atoms with van der Waals surface area (Å²) in [7, 11) is 0. The van der Waals surface area contributed by atoms with E-state index in [0.717, 1.165) is 44.4 Å². The molecule has 1 aliphatic rings. The first-order valence-electron chi connectivity index (χ1n) is 8.20. The van der Waals surface area contributed by atoms with Crippen molar-refractivity contribution >= 4 is 28.3 Å². The van der Waals surface area contributed by atoms with Crippen molar-refractivity contribution in [2.75, 3.05) is 0 Å². The molecular weight excluding hydrogens is 332 g/mol. The lowest BCUT2D eigenvalue weighted by molar-refractivity contribution is 0.604. The Balaban J connectivity index is 1.72. The summed E-state index contributed by atoms with van der Waals surface area (Å²) in [5.74, 6) is 0.791. The molecule has 122 valence electrons. The summed E-state index contributed by atoms with van der Waals surface area (Å²) in [5.41, 5.74) is 6.18. The van der Waals surface area contributed by atoms with E-state index in [9.17, 15) is 0 Å². The molecule has 3 heterocycles. The highest BCUT2D eigenvalue weighted by Gasteiger charge is 2.21. The Labute approximate surface area is 150 Å². The summed E-state index contributed by atoms with van der Waals surface area (Å²) in [4.78, 5) is 4.85. The van der Waals surface area contributed by atoms with E-state index in [4.69, 9.17) is 21.0 Å². The third-order valence-electron chi connectivity index (χ3n) is 4.61. The van der Waals surface area contributed by atoms with E-state index in [1.54, 1.807) is 0 Å². The van der Waals surface area contributed by atoms with Gasteiger partial charge in [-0.05, 0) is 55.0 Å². The van der Waals surface area contributed by atoms with Crippen LogP contribution in [-0.4, -0.2) is 10.3 Å². The van der Waals surface area contributed by atoms with Gasteiger partial charge in [0.1, 0.15) is 11.3 Å². The molecule has 0 spiro atoms. The van der Waals surface area contributed by atoms with E-state index < -0.39 is 0 Å². The molecule has 0 saturated carbocycles. The fraction of sp³-hybridized carbons (Fsp3) is 0.0952. The van der Waals surface area contributed by atoms with Gasteiger partial charge in [-0.2, -0.15) is 0 Å². The zero-order valence-electron chi connectivity index (χ0n) is 13.7. The van der Waals surface area contributed by atoms with E-state index in [1.807, 2.05) is 36.5 Å². The van der Waals surface area contributed by atoms with Crippen LogP contribution in [0.4, 0.5) is 0 Å². The molecule has 4 aromatic rings. The molecule has 0 amide bonds. The number of hydrogen-bond acceptors (Lipinski definition) is 2. The van der Waals surface area contributed by atoms with Gasteiger partial charge in [0.05, 0.1) is 17.9 Å². The minimum atomic E-state index is 0.597. The number of furan rings is 1. The van der Waals surface area contributed by atoms with Crippen LogP contribution in [0.1, 0.15) is 22.6 Å². The number of nitrogens with zero attached hydrogens (tertiary/aromatic N) is 2. The Bertz CT molecular complexity index is 1150. The first-order chi connectivity index (χ1) is 12.2. The molecule has 25 heavy (non-hydrogen) atoms. The van der Waals surface area contributed by atoms with E-state index in [1.165, 1.54) is 5.56 Å². The van der Waals surface area contributed by atoms with Crippen LogP contribution in [0.3, 0.4) is 0 Å². The van der Waals surface area contributed by atoms with Gasteiger partial charge in [0, 0.05) is 16.6 Å². The average Bonchev–Trinajstić information content (AvgIpc) is 3.20. The Morgan fingerprint density at radius 1 is 1.08 bits per heavy atom. The van der Waals surface area contributed by atoms with Crippen LogP contribution in [0, 0.1) is 6.92 Å².